The van der Waals surface area contributed by atoms with Crippen LogP contribution in [0.15, 0.2) is 192 Å². The fourth-order valence-electron chi connectivity index (χ4n) is 6.86. The Morgan fingerprint density at radius 3 is 1.52 bits per heavy atom. The van der Waals surface area contributed by atoms with Crippen molar-refractivity contribution in [2.75, 3.05) is 4.90 Å². The summed E-state index contributed by atoms with van der Waals surface area (Å²) in [5.74, 6) is 0. The number of anilines is 3. The first-order valence-electron chi connectivity index (χ1n) is 16.3. The third-order valence-electron chi connectivity index (χ3n) is 9.26. The lowest BCUT2D eigenvalue weighted by Gasteiger charge is -2.27. The van der Waals surface area contributed by atoms with Gasteiger partial charge in [-0.25, -0.2) is 0 Å². The molecule has 1 heterocycles. The van der Waals surface area contributed by atoms with Gasteiger partial charge >= 0.3 is 0 Å². The number of rotatable bonds is 6. The molecule has 8 aromatic carbocycles. The smallest absolute Gasteiger partial charge is 0.136 e. The Morgan fingerprint density at radius 2 is 0.792 bits per heavy atom. The Bertz CT molecular complexity index is 2540. The van der Waals surface area contributed by atoms with Gasteiger partial charge in [0.2, 0.25) is 0 Å². The fourth-order valence-corrected chi connectivity index (χ4v) is 6.86. The van der Waals surface area contributed by atoms with Crippen LogP contribution in [-0.2, 0) is 0 Å². The van der Waals surface area contributed by atoms with Crippen LogP contribution in [0.3, 0.4) is 0 Å². The molecule has 0 fully saturated rings. The number of benzene rings is 8. The highest BCUT2D eigenvalue weighted by Gasteiger charge is 2.16. The van der Waals surface area contributed by atoms with Gasteiger partial charge in [0.15, 0.2) is 0 Å². The first-order chi connectivity index (χ1) is 23.8. The SMILES string of the molecule is c1ccc(-c2ccc3c(c2)oc2cc(-c4cccc(-c5ccc(N(c6ccccc6)c6cccc7ccccc67)cc5)c4)ccc23)cc1. The van der Waals surface area contributed by atoms with E-state index >= 15 is 0 Å². The van der Waals surface area contributed by atoms with Crippen molar-refractivity contribution in [3.8, 4) is 33.4 Å². The Balaban J connectivity index is 1.05. The maximum Gasteiger partial charge on any atom is 0.136 e. The van der Waals surface area contributed by atoms with Crippen molar-refractivity contribution < 1.29 is 4.42 Å². The summed E-state index contributed by atoms with van der Waals surface area (Å²) >= 11 is 0. The second kappa shape index (κ2) is 11.8. The van der Waals surface area contributed by atoms with Crippen LogP contribution in [0, 0.1) is 0 Å². The molecule has 0 aliphatic heterocycles. The lowest BCUT2D eigenvalue weighted by atomic mass is 9.98. The van der Waals surface area contributed by atoms with E-state index in [0.29, 0.717) is 0 Å². The molecule has 0 unspecified atom stereocenters. The van der Waals surface area contributed by atoms with Gasteiger partial charge in [0.1, 0.15) is 11.2 Å². The van der Waals surface area contributed by atoms with Crippen molar-refractivity contribution in [3.63, 3.8) is 0 Å². The number of fused-ring (bicyclic) bond motifs is 4. The highest BCUT2D eigenvalue weighted by Crippen LogP contribution is 2.40. The average Bonchev–Trinajstić information content (AvgIpc) is 3.53. The highest BCUT2D eigenvalue weighted by atomic mass is 16.3. The maximum absolute atomic E-state index is 6.42. The molecule has 0 spiro atoms. The normalized spacial score (nSPS) is 11.3. The van der Waals surface area contributed by atoms with E-state index in [1.165, 1.54) is 27.5 Å². The van der Waals surface area contributed by atoms with Crippen LogP contribution >= 0.6 is 0 Å². The zero-order valence-corrected chi connectivity index (χ0v) is 26.3. The van der Waals surface area contributed by atoms with Crippen LogP contribution in [-0.4, -0.2) is 0 Å². The fraction of sp³-hybridized carbons (Fsp3) is 0. The van der Waals surface area contributed by atoms with E-state index < -0.39 is 0 Å². The summed E-state index contributed by atoms with van der Waals surface area (Å²) in [7, 11) is 0. The van der Waals surface area contributed by atoms with Crippen LogP contribution in [0.25, 0.3) is 66.1 Å². The van der Waals surface area contributed by atoms with Crippen molar-refractivity contribution in [2.45, 2.75) is 0 Å². The summed E-state index contributed by atoms with van der Waals surface area (Å²) in [5.41, 5.74) is 12.2. The van der Waals surface area contributed by atoms with Gasteiger partial charge < -0.3 is 9.32 Å². The van der Waals surface area contributed by atoms with E-state index in [4.69, 9.17) is 4.42 Å². The van der Waals surface area contributed by atoms with Crippen LogP contribution in [0.4, 0.5) is 17.1 Å². The molecule has 0 saturated heterocycles. The van der Waals surface area contributed by atoms with Crippen LogP contribution < -0.4 is 4.90 Å². The molecule has 48 heavy (non-hydrogen) atoms. The molecule has 0 radical (unpaired) electrons. The third kappa shape index (κ3) is 5.01. The molecule has 1 aromatic heterocycles. The van der Waals surface area contributed by atoms with Gasteiger partial charge in [-0.05, 0) is 99.4 Å². The molecule has 0 N–H and O–H groups in total. The first-order valence-corrected chi connectivity index (χ1v) is 16.3. The second-order valence-corrected chi connectivity index (χ2v) is 12.2. The minimum Gasteiger partial charge on any atom is -0.456 e. The van der Waals surface area contributed by atoms with Gasteiger partial charge in [-0.3, -0.25) is 0 Å². The lowest BCUT2D eigenvalue weighted by molar-refractivity contribution is 0.669. The number of hydrogen-bond acceptors (Lipinski definition) is 2. The largest absolute Gasteiger partial charge is 0.456 e. The maximum atomic E-state index is 6.42. The first kappa shape index (κ1) is 27.9. The Kier molecular flexibility index (Phi) is 6.84. The molecule has 9 aromatic rings. The molecule has 0 amide bonds. The van der Waals surface area contributed by atoms with E-state index in [1.807, 2.05) is 6.07 Å². The van der Waals surface area contributed by atoms with E-state index in [0.717, 1.165) is 55.7 Å². The summed E-state index contributed by atoms with van der Waals surface area (Å²) in [4.78, 5) is 2.34. The summed E-state index contributed by atoms with van der Waals surface area (Å²) in [6.45, 7) is 0. The number of nitrogens with zero attached hydrogens (tertiary/aromatic N) is 1. The quantitative estimate of drug-likeness (QED) is 0.185. The molecule has 0 saturated carbocycles. The van der Waals surface area contributed by atoms with Gasteiger partial charge in [0.25, 0.3) is 0 Å². The minimum absolute atomic E-state index is 0.900. The van der Waals surface area contributed by atoms with Crippen LogP contribution in [0.5, 0.6) is 0 Å². The van der Waals surface area contributed by atoms with E-state index in [2.05, 4.69) is 187 Å². The summed E-state index contributed by atoms with van der Waals surface area (Å²) in [5, 5.41) is 4.72. The summed E-state index contributed by atoms with van der Waals surface area (Å²) < 4.78 is 6.42. The number of para-hydroxylation sites is 1. The van der Waals surface area contributed by atoms with Crippen molar-refractivity contribution in [1.82, 2.24) is 0 Å². The minimum atomic E-state index is 0.900. The summed E-state index contributed by atoms with van der Waals surface area (Å²) in [6, 6.07) is 66.8. The second-order valence-electron chi connectivity index (χ2n) is 12.2. The number of furan rings is 1. The molecule has 226 valence electrons. The van der Waals surface area contributed by atoms with Crippen LogP contribution in [0.2, 0.25) is 0 Å². The molecule has 9 rings (SSSR count). The van der Waals surface area contributed by atoms with Gasteiger partial charge in [-0.1, -0.05) is 127 Å². The highest BCUT2D eigenvalue weighted by molar-refractivity contribution is 6.07. The Labute approximate surface area is 279 Å². The summed E-state index contributed by atoms with van der Waals surface area (Å²) in [6.07, 6.45) is 0. The van der Waals surface area contributed by atoms with Gasteiger partial charge in [0, 0.05) is 27.5 Å². The van der Waals surface area contributed by atoms with Crippen LogP contribution in [0.1, 0.15) is 0 Å². The third-order valence-corrected chi connectivity index (χ3v) is 9.26. The average molecular weight is 614 g/mol. The molecular formula is C46H31NO. The van der Waals surface area contributed by atoms with Gasteiger partial charge in [-0.15, -0.1) is 0 Å². The van der Waals surface area contributed by atoms with Crippen molar-refractivity contribution in [2.24, 2.45) is 0 Å². The molecule has 0 atom stereocenters. The van der Waals surface area contributed by atoms with Crippen molar-refractivity contribution in [1.29, 1.82) is 0 Å². The lowest BCUT2D eigenvalue weighted by Crippen LogP contribution is -2.10. The zero-order valence-electron chi connectivity index (χ0n) is 26.3. The van der Waals surface area contributed by atoms with E-state index in [1.54, 1.807) is 0 Å². The van der Waals surface area contributed by atoms with Crippen molar-refractivity contribution >= 4 is 49.8 Å². The Morgan fingerprint density at radius 1 is 0.312 bits per heavy atom. The molecule has 2 nitrogen and oxygen atoms in total. The van der Waals surface area contributed by atoms with Gasteiger partial charge in [-0.2, -0.15) is 0 Å². The zero-order chi connectivity index (χ0) is 31.9. The monoisotopic (exact) mass is 613 g/mol. The molecule has 0 aliphatic carbocycles. The topological polar surface area (TPSA) is 16.4 Å². The molecule has 0 aliphatic rings. The number of hydrogen-bond donors (Lipinski definition) is 0. The predicted molar refractivity (Wildman–Crippen MR) is 202 cm³/mol. The van der Waals surface area contributed by atoms with Crippen molar-refractivity contribution in [3.05, 3.63) is 188 Å². The van der Waals surface area contributed by atoms with E-state index in [9.17, 15) is 0 Å². The standard InChI is InChI=1S/C46H31NO/c1-3-11-32(12-4-1)37-23-27-42-43-28-24-38(31-46(43)48-45(42)30-37)36-16-9-15-35(29-36)33-21-25-40(26-22-33)47(39-17-5-2-6-18-39)44-20-10-14-34-13-7-8-19-41(34)44/h1-31H. The molecule has 0 bridgehead atoms. The Hall–Kier alpha value is -6.38. The predicted octanol–water partition coefficient (Wildman–Crippen LogP) is 13.2. The molecular weight excluding hydrogens is 583 g/mol. The molecule has 2 heteroatoms. The van der Waals surface area contributed by atoms with Gasteiger partial charge in [0.05, 0.1) is 5.69 Å². The van der Waals surface area contributed by atoms with E-state index in [-0.39, 0.29) is 0 Å².